The highest BCUT2D eigenvalue weighted by Crippen LogP contribution is 2.15. The lowest BCUT2D eigenvalue weighted by Crippen LogP contribution is -2.40. The highest BCUT2D eigenvalue weighted by molar-refractivity contribution is 8.14. The first kappa shape index (κ1) is 12.8. The first-order valence-electron chi connectivity index (χ1n) is 5.15. The number of rotatable bonds is 2. The van der Waals surface area contributed by atoms with Gasteiger partial charge in [-0.15, -0.1) is 0 Å². The van der Waals surface area contributed by atoms with Gasteiger partial charge in [0.05, 0.1) is 0 Å². The quantitative estimate of drug-likeness (QED) is 0.698. The average Bonchev–Trinajstić information content (AvgIpc) is 2.42. The smallest absolute Gasteiger partial charge is 0.244 e. The molecular weight excluding hydrogens is 238 g/mol. The number of likely N-dealkylation sites (tertiary alicyclic amines) is 1. The molecule has 0 N–H and O–H groups in total. The summed E-state index contributed by atoms with van der Waals surface area (Å²) >= 11 is 0. The summed E-state index contributed by atoms with van der Waals surface area (Å²) in [6.07, 6.45) is 4.10. The predicted molar refractivity (Wildman–Crippen MR) is 59.3 cm³/mol. The molecule has 1 rings (SSSR count). The van der Waals surface area contributed by atoms with Crippen molar-refractivity contribution < 1.29 is 13.2 Å². The minimum atomic E-state index is -3.78. The van der Waals surface area contributed by atoms with Crippen LogP contribution in [0.15, 0.2) is 0 Å². The fraction of sp³-hybridized carbons (Fsp3) is 0.889. The molecule has 1 aliphatic heterocycles. The number of halogens is 1. The van der Waals surface area contributed by atoms with Crippen LogP contribution in [0.3, 0.4) is 0 Å². The molecule has 1 heterocycles. The number of carbonyl (C=O) groups excluding carboxylic acids is 1. The Bertz CT molecular complexity index is 320. The van der Waals surface area contributed by atoms with Crippen molar-refractivity contribution in [3.63, 3.8) is 0 Å². The van der Waals surface area contributed by atoms with Gasteiger partial charge in [-0.2, -0.15) is 0 Å². The molecule has 0 aromatic rings. The molecule has 0 saturated carbocycles. The summed E-state index contributed by atoms with van der Waals surface area (Å²) in [6.45, 7) is 2.64. The molecular formula is C9H16ClNO3S. The standard InChI is InChI=1S/C9H16ClNO3S/c1-8(15(10,13)14)9(12)11-6-4-2-3-5-7-11/h8H,2-7H2,1H3. The van der Waals surface area contributed by atoms with E-state index in [0.29, 0.717) is 13.1 Å². The number of carbonyl (C=O) groups is 1. The molecule has 0 radical (unpaired) electrons. The molecule has 1 unspecified atom stereocenters. The summed E-state index contributed by atoms with van der Waals surface area (Å²) in [4.78, 5) is 13.4. The van der Waals surface area contributed by atoms with Gasteiger partial charge in [0.25, 0.3) is 0 Å². The SMILES string of the molecule is CC(C(=O)N1CCCCCC1)S(=O)(=O)Cl. The Hall–Kier alpha value is -0.290. The van der Waals surface area contributed by atoms with Crippen LogP contribution in [0.2, 0.25) is 0 Å². The summed E-state index contributed by atoms with van der Waals surface area (Å²) in [6, 6.07) is 0. The normalized spacial score (nSPS) is 20.8. The zero-order chi connectivity index (χ0) is 11.5. The van der Waals surface area contributed by atoms with Gasteiger partial charge < -0.3 is 4.90 Å². The van der Waals surface area contributed by atoms with Crippen molar-refractivity contribution in [3.05, 3.63) is 0 Å². The maximum absolute atomic E-state index is 11.8. The summed E-state index contributed by atoms with van der Waals surface area (Å²) < 4.78 is 22.0. The van der Waals surface area contributed by atoms with Crippen molar-refractivity contribution in [2.45, 2.75) is 37.9 Å². The van der Waals surface area contributed by atoms with Crippen LogP contribution < -0.4 is 0 Å². The number of amides is 1. The van der Waals surface area contributed by atoms with Crippen molar-refractivity contribution in [1.82, 2.24) is 4.90 Å². The van der Waals surface area contributed by atoms with E-state index in [2.05, 4.69) is 0 Å². The Morgan fingerprint density at radius 2 is 1.67 bits per heavy atom. The molecule has 1 fully saturated rings. The molecule has 1 atom stereocenters. The third-order valence-electron chi connectivity index (χ3n) is 2.69. The fourth-order valence-electron chi connectivity index (χ4n) is 1.67. The monoisotopic (exact) mass is 253 g/mol. The van der Waals surface area contributed by atoms with E-state index < -0.39 is 14.3 Å². The minimum absolute atomic E-state index is 0.369. The number of hydrogen-bond donors (Lipinski definition) is 0. The zero-order valence-electron chi connectivity index (χ0n) is 8.78. The van der Waals surface area contributed by atoms with E-state index in [-0.39, 0.29) is 5.91 Å². The predicted octanol–water partition coefficient (Wildman–Crippen LogP) is 1.35. The number of nitrogens with zero attached hydrogens (tertiary/aromatic N) is 1. The second-order valence-electron chi connectivity index (χ2n) is 3.86. The first-order valence-corrected chi connectivity index (χ1v) is 7.52. The second-order valence-corrected chi connectivity index (χ2v) is 6.81. The Morgan fingerprint density at radius 1 is 1.20 bits per heavy atom. The van der Waals surface area contributed by atoms with E-state index in [1.165, 1.54) is 6.92 Å². The van der Waals surface area contributed by atoms with Crippen LogP contribution in [0.4, 0.5) is 0 Å². The molecule has 15 heavy (non-hydrogen) atoms. The highest BCUT2D eigenvalue weighted by Gasteiger charge is 2.30. The van der Waals surface area contributed by atoms with Crippen molar-refractivity contribution >= 4 is 25.6 Å². The topological polar surface area (TPSA) is 54.5 Å². The van der Waals surface area contributed by atoms with E-state index in [9.17, 15) is 13.2 Å². The van der Waals surface area contributed by atoms with Crippen LogP contribution >= 0.6 is 10.7 Å². The van der Waals surface area contributed by atoms with E-state index in [1.807, 2.05) is 0 Å². The van der Waals surface area contributed by atoms with Gasteiger partial charge in [0.15, 0.2) is 5.25 Å². The Morgan fingerprint density at radius 3 is 2.07 bits per heavy atom. The Labute approximate surface area is 95.0 Å². The summed E-state index contributed by atoms with van der Waals surface area (Å²) in [7, 11) is 1.38. The first-order chi connectivity index (χ1) is 6.93. The largest absolute Gasteiger partial charge is 0.342 e. The van der Waals surface area contributed by atoms with Crippen LogP contribution in [0.1, 0.15) is 32.6 Å². The Balaban J connectivity index is 2.66. The van der Waals surface area contributed by atoms with Gasteiger partial charge in [-0.1, -0.05) is 12.8 Å². The van der Waals surface area contributed by atoms with Gasteiger partial charge in [-0.3, -0.25) is 4.79 Å². The van der Waals surface area contributed by atoms with Crippen molar-refractivity contribution in [2.75, 3.05) is 13.1 Å². The van der Waals surface area contributed by atoms with Crippen LogP contribution in [0.25, 0.3) is 0 Å². The van der Waals surface area contributed by atoms with Gasteiger partial charge in [0, 0.05) is 23.8 Å². The number of hydrogen-bond acceptors (Lipinski definition) is 3. The van der Waals surface area contributed by atoms with Crippen LogP contribution in [-0.2, 0) is 13.8 Å². The van der Waals surface area contributed by atoms with Crippen LogP contribution in [0, 0.1) is 0 Å². The maximum Gasteiger partial charge on any atom is 0.244 e. The lowest BCUT2D eigenvalue weighted by molar-refractivity contribution is -0.130. The molecule has 0 spiro atoms. The molecule has 0 bridgehead atoms. The third-order valence-corrected chi connectivity index (χ3v) is 4.54. The summed E-state index contributed by atoms with van der Waals surface area (Å²) in [5, 5.41) is -1.13. The van der Waals surface area contributed by atoms with E-state index in [1.54, 1.807) is 4.90 Å². The molecule has 4 nitrogen and oxygen atoms in total. The molecule has 0 aliphatic carbocycles. The molecule has 0 aromatic carbocycles. The maximum atomic E-state index is 11.8. The lowest BCUT2D eigenvalue weighted by atomic mass is 10.2. The van der Waals surface area contributed by atoms with Gasteiger partial charge >= 0.3 is 0 Å². The minimum Gasteiger partial charge on any atom is -0.342 e. The summed E-state index contributed by atoms with van der Waals surface area (Å²) in [5.74, 6) is -0.369. The van der Waals surface area contributed by atoms with Crippen molar-refractivity contribution in [2.24, 2.45) is 0 Å². The van der Waals surface area contributed by atoms with E-state index >= 15 is 0 Å². The van der Waals surface area contributed by atoms with Crippen LogP contribution in [0.5, 0.6) is 0 Å². The van der Waals surface area contributed by atoms with E-state index in [0.717, 1.165) is 25.7 Å². The van der Waals surface area contributed by atoms with Crippen LogP contribution in [-0.4, -0.2) is 37.6 Å². The van der Waals surface area contributed by atoms with Crippen molar-refractivity contribution in [3.8, 4) is 0 Å². The average molecular weight is 254 g/mol. The summed E-state index contributed by atoms with van der Waals surface area (Å²) in [5.41, 5.74) is 0. The fourth-order valence-corrected chi connectivity index (χ4v) is 2.29. The molecule has 1 aliphatic rings. The van der Waals surface area contributed by atoms with Gasteiger partial charge in [-0.05, 0) is 19.8 Å². The molecule has 1 amide bonds. The second kappa shape index (κ2) is 5.16. The van der Waals surface area contributed by atoms with Gasteiger partial charge in [0.2, 0.25) is 15.0 Å². The van der Waals surface area contributed by atoms with Crippen molar-refractivity contribution in [1.29, 1.82) is 0 Å². The highest BCUT2D eigenvalue weighted by atomic mass is 35.7. The van der Waals surface area contributed by atoms with E-state index in [4.69, 9.17) is 10.7 Å². The molecule has 1 saturated heterocycles. The van der Waals surface area contributed by atoms with Gasteiger partial charge in [-0.25, -0.2) is 8.42 Å². The van der Waals surface area contributed by atoms with Gasteiger partial charge in [0.1, 0.15) is 0 Å². The lowest BCUT2D eigenvalue weighted by Gasteiger charge is -2.22. The molecule has 0 aromatic heterocycles. The Kier molecular flexibility index (Phi) is 4.40. The molecule has 6 heteroatoms. The third kappa shape index (κ3) is 3.65. The molecule has 88 valence electrons. The zero-order valence-corrected chi connectivity index (χ0v) is 10.4.